The molecule has 0 spiro atoms. The van der Waals surface area contributed by atoms with Gasteiger partial charge in [-0.25, -0.2) is 4.98 Å². The van der Waals surface area contributed by atoms with E-state index in [1.54, 1.807) is 18.2 Å². The van der Waals surface area contributed by atoms with Crippen LogP contribution in [-0.4, -0.2) is 15.7 Å². The number of aromatic nitrogens is 2. The maximum absolute atomic E-state index is 12.7. The van der Waals surface area contributed by atoms with Crippen LogP contribution in [0.4, 0.5) is 0 Å². The molecule has 0 radical (unpaired) electrons. The van der Waals surface area contributed by atoms with Gasteiger partial charge in [-0.1, -0.05) is 12.1 Å². The number of aromatic amines is 1. The van der Waals surface area contributed by atoms with Crippen molar-refractivity contribution in [3.63, 3.8) is 0 Å². The molecule has 1 aromatic carbocycles. The Morgan fingerprint density at radius 3 is 2.26 bits per heavy atom. The molecule has 158 valence electrons. The molecule has 5 aliphatic rings. The van der Waals surface area contributed by atoms with Crippen LogP contribution >= 0.6 is 0 Å². The summed E-state index contributed by atoms with van der Waals surface area (Å²) in [5.74, 6) is 3.35. The summed E-state index contributed by atoms with van der Waals surface area (Å²) in [6.07, 6.45) is 9.83. The first-order chi connectivity index (χ1) is 15.0. The summed E-state index contributed by atoms with van der Waals surface area (Å²) in [4.78, 5) is 20.8. The van der Waals surface area contributed by atoms with E-state index in [1.165, 1.54) is 38.5 Å². The lowest BCUT2D eigenvalue weighted by atomic mass is 9.45. The number of nitrogens with zero attached hydrogens (tertiary/aromatic N) is 2. The van der Waals surface area contributed by atoms with E-state index >= 15 is 0 Å². The molecule has 5 aliphatic carbocycles. The van der Waals surface area contributed by atoms with Gasteiger partial charge >= 0.3 is 0 Å². The fourth-order valence-electron chi connectivity index (χ4n) is 7.41. The Kier molecular flexibility index (Phi) is 4.21. The predicted octanol–water partition coefficient (Wildman–Crippen LogP) is 5.04. The highest BCUT2D eigenvalue weighted by molar-refractivity contribution is 5.92. The second-order valence-electron chi connectivity index (χ2n) is 10.6. The van der Waals surface area contributed by atoms with Crippen LogP contribution in [0.3, 0.4) is 0 Å². The summed E-state index contributed by atoms with van der Waals surface area (Å²) >= 11 is 0. The van der Waals surface area contributed by atoms with E-state index in [1.807, 2.05) is 12.1 Å². The lowest BCUT2D eigenvalue weighted by molar-refractivity contribution is -0.0591. The first kappa shape index (κ1) is 19.0. The van der Waals surface area contributed by atoms with Gasteiger partial charge in [0, 0.05) is 17.3 Å². The van der Waals surface area contributed by atoms with Gasteiger partial charge in [0.2, 0.25) is 0 Å². The molecule has 1 heterocycles. The van der Waals surface area contributed by atoms with Gasteiger partial charge in [-0.2, -0.15) is 5.26 Å². The molecule has 5 fully saturated rings. The quantitative estimate of drug-likeness (QED) is 0.674. The SMILES string of the molecule is N#Cc1ccc(-c2cc(=O)[nH]c(C(C(=N)C3CC3)C34CC5CC(CC(C5)C3)C4)n2)cc1. The number of hydrogen-bond donors (Lipinski definition) is 2. The van der Waals surface area contributed by atoms with Crippen LogP contribution in [0.1, 0.15) is 68.7 Å². The number of H-pyrrole nitrogens is 1. The summed E-state index contributed by atoms with van der Waals surface area (Å²) in [7, 11) is 0. The minimum atomic E-state index is -0.150. The smallest absolute Gasteiger partial charge is 0.251 e. The van der Waals surface area contributed by atoms with Gasteiger partial charge < -0.3 is 10.4 Å². The van der Waals surface area contributed by atoms with E-state index in [0.717, 1.165) is 41.9 Å². The minimum Gasteiger partial charge on any atom is -0.310 e. The standard InChI is InChI=1S/C26H28N4O/c27-14-15-1-3-19(4-2-15)21-10-22(31)30-25(29-21)23(24(28)20-5-6-20)26-11-16-7-17(12-26)9-18(8-16)13-26/h1-4,10,16-18,20,23,28H,5-9,11-13H2,(H,29,30,31). The zero-order valence-electron chi connectivity index (χ0n) is 17.7. The highest BCUT2D eigenvalue weighted by Gasteiger charge is 2.57. The maximum Gasteiger partial charge on any atom is 0.251 e. The van der Waals surface area contributed by atoms with Crippen LogP contribution in [0, 0.1) is 45.8 Å². The molecule has 0 amide bonds. The largest absolute Gasteiger partial charge is 0.310 e. The molecule has 1 unspecified atom stereocenters. The Morgan fingerprint density at radius 2 is 1.71 bits per heavy atom. The van der Waals surface area contributed by atoms with Crippen molar-refractivity contribution in [2.75, 3.05) is 0 Å². The van der Waals surface area contributed by atoms with Gasteiger partial charge in [-0.05, 0) is 92.6 Å². The Hall–Kier alpha value is -2.74. The van der Waals surface area contributed by atoms with Gasteiger partial charge in [0.15, 0.2) is 0 Å². The third-order valence-corrected chi connectivity index (χ3v) is 8.37. The zero-order chi connectivity index (χ0) is 21.2. The molecule has 7 rings (SSSR count). The molecule has 5 nitrogen and oxygen atoms in total. The summed E-state index contributed by atoms with van der Waals surface area (Å²) < 4.78 is 0. The van der Waals surface area contributed by atoms with Crippen LogP contribution in [0.5, 0.6) is 0 Å². The first-order valence-corrected chi connectivity index (χ1v) is 11.7. The topological polar surface area (TPSA) is 93.4 Å². The molecule has 2 N–H and O–H groups in total. The third-order valence-electron chi connectivity index (χ3n) is 8.37. The summed E-state index contributed by atoms with van der Waals surface area (Å²) in [6.45, 7) is 0. The number of hydrogen-bond acceptors (Lipinski definition) is 4. The lowest BCUT2D eigenvalue weighted by Crippen LogP contribution is -2.51. The van der Waals surface area contributed by atoms with Crippen LogP contribution in [0.2, 0.25) is 0 Å². The highest BCUT2D eigenvalue weighted by atomic mass is 16.1. The van der Waals surface area contributed by atoms with E-state index in [2.05, 4.69) is 11.1 Å². The van der Waals surface area contributed by atoms with Crippen LogP contribution in [0.15, 0.2) is 35.1 Å². The van der Waals surface area contributed by atoms with E-state index < -0.39 is 0 Å². The van der Waals surface area contributed by atoms with Gasteiger partial charge in [0.1, 0.15) is 5.82 Å². The van der Waals surface area contributed by atoms with Gasteiger partial charge in [0.25, 0.3) is 5.56 Å². The molecular formula is C26H28N4O. The number of nitrogens with one attached hydrogen (secondary N) is 2. The van der Waals surface area contributed by atoms with Crippen molar-refractivity contribution in [1.82, 2.24) is 9.97 Å². The van der Waals surface area contributed by atoms with Gasteiger partial charge in [-0.3, -0.25) is 4.79 Å². The minimum absolute atomic E-state index is 0.0700. The van der Waals surface area contributed by atoms with E-state index in [4.69, 9.17) is 15.7 Å². The fraction of sp³-hybridized carbons (Fsp3) is 0.538. The molecule has 0 saturated heterocycles. The van der Waals surface area contributed by atoms with E-state index in [0.29, 0.717) is 23.0 Å². The molecule has 1 aromatic heterocycles. The van der Waals surface area contributed by atoms with Crippen molar-refractivity contribution >= 4 is 5.71 Å². The van der Waals surface area contributed by atoms with Crippen molar-refractivity contribution < 1.29 is 0 Å². The summed E-state index contributed by atoms with van der Waals surface area (Å²) in [5, 5.41) is 18.2. The summed E-state index contributed by atoms with van der Waals surface area (Å²) in [6, 6.07) is 10.9. The average Bonchev–Trinajstić information content (AvgIpc) is 3.58. The Balaban J connectivity index is 1.45. The highest BCUT2D eigenvalue weighted by Crippen LogP contribution is 2.65. The number of nitriles is 1. The molecule has 5 heteroatoms. The summed E-state index contributed by atoms with van der Waals surface area (Å²) in [5.41, 5.74) is 2.82. The third kappa shape index (κ3) is 3.24. The number of benzene rings is 1. The van der Waals surface area contributed by atoms with Crippen molar-refractivity contribution in [2.24, 2.45) is 29.1 Å². The van der Waals surface area contributed by atoms with Crippen molar-refractivity contribution in [3.8, 4) is 17.3 Å². The monoisotopic (exact) mass is 412 g/mol. The molecule has 2 aromatic rings. The van der Waals surface area contributed by atoms with Crippen LogP contribution in [-0.2, 0) is 0 Å². The molecule has 5 saturated carbocycles. The molecule has 1 atom stereocenters. The second-order valence-corrected chi connectivity index (χ2v) is 10.6. The predicted molar refractivity (Wildman–Crippen MR) is 119 cm³/mol. The molecule has 4 bridgehead atoms. The molecule has 0 aliphatic heterocycles. The second kappa shape index (κ2) is 6.88. The van der Waals surface area contributed by atoms with Crippen LogP contribution in [0.25, 0.3) is 11.3 Å². The molecule has 31 heavy (non-hydrogen) atoms. The molecular weight excluding hydrogens is 384 g/mol. The van der Waals surface area contributed by atoms with Gasteiger partial charge in [0.05, 0.1) is 23.2 Å². The first-order valence-electron chi connectivity index (χ1n) is 11.7. The Bertz CT molecular complexity index is 1100. The van der Waals surface area contributed by atoms with Crippen molar-refractivity contribution in [2.45, 2.75) is 57.3 Å². The average molecular weight is 413 g/mol. The fourth-order valence-corrected chi connectivity index (χ4v) is 7.41. The lowest BCUT2D eigenvalue weighted by Gasteiger charge is -2.59. The Labute approximate surface area is 182 Å². The van der Waals surface area contributed by atoms with Crippen molar-refractivity contribution in [3.05, 3.63) is 52.1 Å². The van der Waals surface area contributed by atoms with Crippen molar-refractivity contribution in [1.29, 1.82) is 10.7 Å². The van der Waals surface area contributed by atoms with E-state index in [-0.39, 0.29) is 16.9 Å². The zero-order valence-corrected chi connectivity index (χ0v) is 17.7. The number of rotatable bonds is 5. The maximum atomic E-state index is 12.7. The normalized spacial score (nSPS) is 31.9. The van der Waals surface area contributed by atoms with E-state index in [9.17, 15) is 4.79 Å². The van der Waals surface area contributed by atoms with Gasteiger partial charge in [-0.15, -0.1) is 0 Å². The Morgan fingerprint density at radius 1 is 1.10 bits per heavy atom. The van der Waals surface area contributed by atoms with Crippen LogP contribution < -0.4 is 5.56 Å².